The second kappa shape index (κ2) is 11.8. The van der Waals surface area contributed by atoms with Crippen LogP contribution >= 0.6 is 0 Å². The lowest BCUT2D eigenvalue weighted by molar-refractivity contribution is 1.13. The van der Waals surface area contributed by atoms with E-state index in [0.717, 1.165) is 82.8 Å². The van der Waals surface area contributed by atoms with E-state index in [0.29, 0.717) is 11.4 Å². The molecule has 0 spiro atoms. The van der Waals surface area contributed by atoms with E-state index in [1.807, 2.05) is 18.2 Å². The number of hydrogen-bond donors (Lipinski definition) is 0. The maximum Gasteiger partial charge on any atom is 0.211 e. The molecule has 254 valence electrons. The number of fused-ring (bicyclic) bond motifs is 9. The summed E-state index contributed by atoms with van der Waals surface area (Å²) in [7, 11) is 0. The molecule has 0 aliphatic carbocycles. The molecule has 0 atom stereocenters. The van der Waals surface area contributed by atoms with Gasteiger partial charge in [0, 0.05) is 32.5 Å². The number of aromatic nitrogens is 3. The summed E-state index contributed by atoms with van der Waals surface area (Å²) in [5.41, 5.74) is 12.5. The molecule has 0 aliphatic rings. The van der Waals surface area contributed by atoms with Crippen LogP contribution in [0.3, 0.4) is 0 Å². The molecule has 0 N–H and O–H groups in total. The van der Waals surface area contributed by atoms with Gasteiger partial charge in [-0.05, 0) is 71.6 Å². The molecule has 8 aromatic carbocycles. The van der Waals surface area contributed by atoms with Crippen molar-refractivity contribution in [2.75, 3.05) is 0 Å². The molecule has 0 saturated carbocycles. The fourth-order valence-corrected chi connectivity index (χ4v) is 8.79. The molecule has 11 rings (SSSR count). The predicted octanol–water partition coefficient (Wildman–Crippen LogP) is 13.7. The quantitative estimate of drug-likeness (QED) is 0.163. The van der Waals surface area contributed by atoms with Crippen molar-refractivity contribution in [2.45, 2.75) is 0 Å². The van der Waals surface area contributed by atoms with E-state index in [9.17, 15) is 0 Å². The van der Waals surface area contributed by atoms with Crippen LogP contribution in [0.25, 0.3) is 103 Å². The highest BCUT2D eigenvalue weighted by molar-refractivity contribution is 6.16. The first-order valence-corrected chi connectivity index (χ1v) is 18.3. The second-order valence-corrected chi connectivity index (χ2v) is 13.9. The molecular weight excluding hydrogens is 671 g/mol. The third kappa shape index (κ3) is 4.39. The van der Waals surface area contributed by atoms with Gasteiger partial charge < -0.3 is 13.7 Å². The maximum absolute atomic E-state index is 8.43. The molecule has 5 heteroatoms. The Morgan fingerprint density at radius 3 is 1.45 bits per heavy atom. The summed E-state index contributed by atoms with van der Waals surface area (Å²) in [5, 5.41) is 6.81. The van der Waals surface area contributed by atoms with Crippen LogP contribution in [0, 0.1) is 13.1 Å². The van der Waals surface area contributed by atoms with E-state index in [4.69, 9.17) is 13.1 Å². The Hall–Kier alpha value is -7.86. The highest BCUT2D eigenvalue weighted by atomic mass is 15.1. The van der Waals surface area contributed by atoms with E-state index in [1.54, 1.807) is 0 Å². The van der Waals surface area contributed by atoms with Crippen LogP contribution in [0.4, 0.5) is 11.4 Å². The predicted molar refractivity (Wildman–Crippen MR) is 227 cm³/mol. The standard InChI is InChI=1S/C50H29N5/c1-51-33-27-29-47-40(31-33)39-19-13-25-49(54-45-23-11-6-17-37(45)38-18-7-12-24-46(38)54)50(39)55(47)42-20-8-3-14-34(42)32-26-28-48(41(30-32)52-2)53-43-21-9-4-15-35(43)36-16-5-10-22-44(36)53/h3-31H. The molecule has 0 fully saturated rings. The second-order valence-electron chi connectivity index (χ2n) is 13.9. The van der Waals surface area contributed by atoms with Gasteiger partial charge in [-0.15, -0.1) is 0 Å². The number of nitrogens with zero attached hydrogens (tertiary/aromatic N) is 5. The SMILES string of the molecule is [C-]#[N+]c1ccc2c(c1)c1cccc(-n3c4ccccc4c4ccccc43)c1n2-c1ccccc1-c1ccc(-n2c3ccccc3c3ccccc32)c([N+]#[C-])c1. The van der Waals surface area contributed by atoms with Crippen LogP contribution in [0.15, 0.2) is 176 Å². The Morgan fingerprint density at radius 2 is 0.855 bits per heavy atom. The molecule has 0 saturated heterocycles. The van der Waals surface area contributed by atoms with Crippen LogP contribution in [0.1, 0.15) is 0 Å². The minimum Gasteiger partial charge on any atom is -0.319 e. The molecule has 3 heterocycles. The largest absolute Gasteiger partial charge is 0.319 e. The lowest BCUT2D eigenvalue weighted by Gasteiger charge is -2.18. The van der Waals surface area contributed by atoms with Crippen LogP contribution in [0.5, 0.6) is 0 Å². The van der Waals surface area contributed by atoms with Crippen LogP contribution in [0.2, 0.25) is 0 Å². The molecule has 0 amide bonds. The minimum absolute atomic E-state index is 0.578. The molecule has 0 unspecified atom stereocenters. The van der Waals surface area contributed by atoms with E-state index in [1.165, 1.54) is 10.8 Å². The molecule has 0 aliphatic heterocycles. The summed E-state index contributed by atoms with van der Waals surface area (Å²) in [6.45, 7) is 16.3. The highest BCUT2D eigenvalue weighted by Gasteiger charge is 2.22. The molecule has 11 aromatic rings. The van der Waals surface area contributed by atoms with Crippen molar-refractivity contribution in [2.24, 2.45) is 0 Å². The van der Waals surface area contributed by atoms with Gasteiger partial charge in [0.05, 0.1) is 63.3 Å². The van der Waals surface area contributed by atoms with Crippen molar-refractivity contribution in [3.63, 3.8) is 0 Å². The first-order chi connectivity index (χ1) is 27.2. The van der Waals surface area contributed by atoms with E-state index < -0.39 is 0 Å². The van der Waals surface area contributed by atoms with Gasteiger partial charge in [0.15, 0.2) is 5.69 Å². The van der Waals surface area contributed by atoms with Crippen molar-refractivity contribution in [3.05, 3.63) is 199 Å². The van der Waals surface area contributed by atoms with Gasteiger partial charge in [0.1, 0.15) is 0 Å². The van der Waals surface area contributed by atoms with Crippen molar-refractivity contribution < 1.29 is 0 Å². The van der Waals surface area contributed by atoms with Crippen LogP contribution in [-0.2, 0) is 0 Å². The first kappa shape index (κ1) is 30.7. The van der Waals surface area contributed by atoms with Gasteiger partial charge in [-0.1, -0.05) is 115 Å². The van der Waals surface area contributed by atoms with Gasteiger partial charge >= 0.3 is 0 Å². The third-order valence-electron chi connectivity index (χ3n) is 11.1. The molecule has 0 radical (unpaired) electrons. The Morgan fingerprint density at radius 1 is 0.345 bits per heavy atom. The summed E-state index contributed by atoms with van der Waals surface area (Å²) in [6, 6.07) is 61.2. The van der Waals surface area contributed by atoms with Crippen molar-refractivity contribution in [1.82, 2.24) is 13.7 Å². The fourth-order valence-electron chi connectivity index (χ4n) is 8.79. The number of rotatable bonds is 4. The summed E-state index contributed by atoms with van der Waals surface area (Å²) < 4.78 is 6.94. The van der Waals surface area contributed by atoms with Gasteiger partial charge in [0.2, 0.25) is 5.69 Å². The van der Waals surface area contributed by atoms with Crippen molar-refractivity contribution in [3.8, 4) is 28.2 Å². The zero-order chi connectivity index (χ0) is 36.6. The number of benzene rings is 8. The Kier molecular flexibility index (Phi) is 6.61. The summed E-state index contributed by atoms with van der Waals surface area (Å²) in [4.78, 5) is 7.95. The van der Waals surface area contributed by atoms with Gasteiger partial charge in [-0.2, -0.15) is 0 Å². The fraction of sp³-hybridized carbons (Fsp3) is 0. The maximum atomic E-state index is 8.43. The van der Waals surface area contributed by atoms with Gasteiger partial charge in [-0.3, -0.25) is 0 Å². The third-order valence-corrected chi connectivity index (χ3v) is 11.1. The van der Waals surface area contributed by atoms with Crippen molar-refractivity contribution in [1.29, 1.82) is 0 Å². The first-order valence-electron chi connectivity index (χ1n) is 18.3. The average molecular weight is 700 g/mol. The summed E-state index contributed by atoms with van der Waals surface area (Å²) >= 11 is 0. The highest BCUT2D eigenvalue weighted by Crippen LogP contribution is 2.43. The molecule has 55 heavy (non-hydrogen) atoms. The topological polar surface area (TPSA) is 23.5 Å². The summed E-state index contributed by atoms with van der Waals surface area (Å²) in [5.74, 6) is 0. The molecule has 0 bridgehead atoms. The Bertz CT molecular complexity index is 3360. The zero-order valence-electron chi connectivity index (χ0n) is 29.5. The lowest BCUT2D eigenvalue weighted by Crippen LogP contribution is -2.02. The smallest absolute Gasteiger partial charge is 0.211 e. The van der Waals surface area contributed by atoms with E-state index in [-0.39, 0.29) is 0 Å². The normalized spacial score (nSPS) is 11.6. The van der Waals surface area contributed by atoms with E-state index in [2.05, 4.69) is 181 Å². The molecule has 5 nitrogen and oxygen atoms in total. The summed E-state index contributed by atoms with van der Waals surface area (Å²) in [6.07, 6.45) is 0. The molecule has 3 aromatic heterocycles. The Balaban J connectivity index is 1.20. The lowest BCUT2D eigenvalue weighted by atomic mass is 10.0. The van der Waals surface area contributed by atoms with Crippen LogP contribution in [-0.4, -0.2) is 13.7 Å². The van der Waals surface area contributed by atoms with Gasteiger partial charge in [-0.25, -0.2) is 9.69 Å². The van der Waals surface area contributed by atoms with Crippen molar-refractivity contribution >= 4 is 76.8 Å². The molecular formula is C50H29N5. The van der Waals surface area contributed by atoms with Gasteiger partial charge in [0.25, 0.3) is 0 Å². The Labute approximate surface area is 316 Å². The number of para-hydroxylation sites is 6. The van der Waals surface area contributed by atoms with E-state index >= 15 is 0 Å². The minimum atomic E-state index is 0.578. The average Bonchev–Trinajstić information content (AvgIpc) is 3.89. The monoisotopic (exact) mass is 699 g/mol. The zero-order valence-corrected chi connectivity index (χ0v) is 29.5. The van der Waals surface area contributed by atoms with Crippen LogP contribution < -0.4 is 0 Å². The number of hydrogen-bond acceptors (Lipinski definition) is 0.